The lowest BCUT2D eigenvalue weighted by Crippen LogP contribution is -2.45. The van der Waals surface area contributed by atoms with Crippen LogP contribution in [-0.4, -0.2) is 22.1 Å². The largest absolute Gasteiger partial charge is 0.598 e. The van der Waals surface area contributed by atoms with Crippen LogP contribution in [0.25, 0.3) is 0 Å². The highest BCUT2D eigenvalue weighted by Gasteiger charge is 2.45. The highest BCUT2D eigenvalue weighted by atomic mass is 32.2. The summed E-state index contributed by atoms with van der Waals surface area (Å²) in [4.78, 5) is 0. The Bertz CT molecular complexity index is 515. The zero-order valence-electron chi connectivity index (χ0n) is 15.4. The van der Waals surface area contributed by atoms with E-state index in [1.165, 1.54) is 24.3 Å². The number of hydrogen-bond donors (Lipinski definition) is 1. The van der Waals surface area contributed by atoms with Crippen molar-refractivity contribution in [2.45, 2.75) is 64.4 Å². The van der Waals surface area contributed by atoms with Crippen LogP contribution in [0.1, 0.15) is 59.1 Å². The number of benzene rings is 1. The molecule has 0 heterocycles. The number of hydrogen-bond acceptors (Lipinski definition) is 3. The molecule has 0 spiro atoms. The minimum Gasteiger partial charge on any atom is -0.598 e. The molecule has 0 fully saturated rings. The Hall–Kier alpha value is -0.920. The first kappa shape index (κ1) is 22.1. The van der Waals surface area contributed by atoms with Crippen LogP contribution in [0.5, 0.6) is 5.75 Å². The summed E-state index contributed by atoms with van der Waals surface area (Å²) >= 11 is -1.83. The lowest BCUT2D eigenvalue weighted by Gasteiger charge is -2.29. The summed E-state index contributed by atoms with van der Waals surface area (Å²) in [7, 11) is 0. The molecule has 0 saturated carbocycles. The fourth-order valence-corrected chi connectivity index (χ4v) is 3.02. The van der Waals surface area contributed by atoms with Gasteiger partial charge in [-0.25, -0.2) is 0 Å². The highest BCUT2D eigenvalue weighted by molar-refractivity contribution is 7.90. The second-order valence-electron chi connectivity index (χ2n) is 7.25. The van der Waals surface area contributed by atoms with Crippen LogP contribution >= 0.6 is 0 Å². The smallest absolute Gasteiger partial charge is 0.412 e. The lowest BCUT2D eigenvalue weighted by atomic mass is 10.1. The molecule has 1 aromatic rings. The first-order valence-electron chi connectivity index (χ1n) is 8.42. The van der Waals surface area contributed by atoms with Gasteiger partial charge in [0.2, 0.25) is 0 Å². The van der Waals surface area contributed by atoms with Crippen molar-refractivity contribution in [3.05, 3.63) is 29.8 Å². The van der Waals surface area contributed by atoms with Gasteiger partial charge in [0.15, 0.2) is 6.04 Å². The van der Waals surface area contributed by atoms with Crippen LogP contribution in [0, 0.1) is 5.92 Å². The normalized spacial score (nSPS) is 16.4. The minimum absolute atomic E-state index is 0.0130. The van der Waals surface area contributed by atoms with E-state index in [0.29, 0.717) is 18.3 Å². The van der Waals surface area contributed by atoms with Crippen LogP contribution in [0.15, 0.2) is 24.3 Å². The Kier molecular flexibility index (Phi) is 8.09. The topological polar surface area (TPSA) is 44.3 Å². The first-order valence-corrected chi connectivity index (χ1v) is 9.57. The van der Waals surface area contributed by atoms with Gasteiger partial charge >= 0.3 is 6.18 Å². The fourth-order valence-electron chi connectivity index (χ4n) is 2.18. The Labute approximate surface area is 151 Å². The molecular weight excluding hydrogens is 351 g/mol. The molecule has 1 N–H and O–H groups in total. The Morgan fingerprint density at radius 1 is 1.16 bits per heavy atom. The third-order valence-corrected chi connectivity index (χ3v) is 5.20. The van der Waals surface area contributed by atoms with E-state index in [4.69, 9.17) is 4.74 Å². The van der Waals surface area contributed by atoms with Gasteiger partial charge in [0.05, 0.1) is 6.61 Å². The third kappa shape index (κ3) is 7.46. The zero-order chi connectivity index (χ0) is 19.3. The van der Waals surface area contributed by atoms with E-state index in [1.54, 1.807) is 20.8 Å². The van der Waals surface area contributed by atoms with Gasteiger partial charge in [-0.3, -0.25) is 0 Å². The molecule has 25 heavy (non-hydrogen) atoms. The van der Waals surface area contributed by atoms with Crippen molar-refractivity contribution in [1.29, 1.82) is 0 Å². The van der Waals surface area contributed by atoms with Crippen LogP contribution in [0.2, 0.25) is 0 Å². The molecule has 7 heteroatoms. The van der Waals surface area contributed by atoms with Gasteiger partial charge < -0.3 is 9.29 Å². The molecule has 3 atom stereocenters. The number of nitrogens with one attached hydrogen (secondary N) is 1. The zero-order valence-corrected chi connectivity index (χ0v) is 16.3. The fraction of sp³-hybridized carbons (Fsp3) is 0.667. The summed E-state index contributed by atoms with van der Waals surface area (Å²) < 4.78 is 59.2. The minimum atomic E-state index is -4.54. The van der Waals surface area contributed by atoms with Crippen molar-refractivity contribution in [2.24, 2.45) is 5.92 Å². The quantitative estimate of drug-likeness (QED) is 0.635. The summed E-state index contributed by atoms with van der Waals surface area (Å²) in [6.45, 7) is 9.57. The highest BCUT2D eigenvalue weighted by Crippen LogP contribution is 2.35. The summed E-state index contributed by atoms with van der Waals surface area (Å²) in [5, 5.41) is 0. The molecule has 3 nitrogen and oxygen atoms in total. The summed E-state index contributed by atoms with van der Waals surface area (Å²) in [6, 6.07) is 3.79. The number of ether oxygens (including phenoxy) is 1. The van der Waals surface area contributed by atoms with Gasteiger partial charge in [-0.05, 0) is 50.8 Å². The van der Waals surface area contributed by atoms with E-state index in [2.05, 4.69) is 18.6 Å². The number of alkyl halides is 3. The molecule has 0 bridgehead atoms. The Morgan fingerprint density at radius 3 is 2.16 bits per heavy atom. The van der Waals surface area contributed by atoms with E-state index >= 15 is 0 Å². The third-order valence-electron chi connectivity index (χ3n) is 3.64. The standard InChI is InChI=1S/C18H28F3NO2S/c1-6-7-13(2)12-24-15-10-8-14(9-11-15)16(18(19,20)21)22-25(23)17(3,4)5/h8-11,13,16,22H,6-7,12H2,1-5H3. The number of halogens is 3. The molecule has 144 valence electrons. The predicted molar refractivity (Wildman–Crippen MR) is 95.8 cm³/mol. The summed E-state index contributed by atoms with van der Waals surface area (Å²) in [5.41, 5.74) is 0.0130. The lowest BCUT2D eigenvalue weighted by molar-refractivity contribution is -0.153. The van der Waals surface area contributed by atoms with E-state index in [9.17, 15) is 17.7 Å². The van der Waals surface area contributed by atoms with Gasteiger partial charge in [0.1, 0.15) is 10.5 Å². The summed E-state index contributed by atoms with van der Waals surface area (Å²) in [5.74, 6) is 0.924. The molecule has 0 aromatic heterocycles. The molecule has 0 aliphatic carbocycles. The van der Waals surface area contributed by atoms with Crippen LogP contribution < -0.4 is 9.46 Å². The second kappa shape index (κ2) is 9.14. The van der Waals surface area contributed by atoms with Crippen molar-refractivity contribution in [3.63, 3.8) is 0 Å². The van der Waals surface area contributed by atoms with Gasteiger partial charge in [-0.15, -0.1) is 4.72 Å². The number of rotatable bonds is 8. The van der Waals surface area contributed by atoms with Gasteiger partial charge in [0, 0.05) is 11.4 Å². The van der Waals surface area contributed by atoms with Crippen molar-refractivity contribution in [2.75, 3.05) is 6.61 Å². The maximum Gasteiger partial charge on any atom is 0.412 e. The SMILES string of the molecule is CCCC(C)COc1ccc(C(N[S+]([O-])C(C)(C)C)C(F)(F)F)cc1. The van der Waals surface area contributed by atoms with Crippen LogP contribution in [0.3, 0.4) is 0 Å². The van der Waals surface area contributed by atoms with Crippen molar-refractivity contribution >= 4 is 11.4 Å². The molecule has 0 aliphatic heterocycles. The van der Waals surface area contributed by atoms with E-state index in [0.717, 1.165) is 12.8 Å². The first-order chi connectivity index (χ1) is 11.4. The van der Waals surface area contributed by atoms with E-state index in [1.807, 2.05) is 0 Å². The average molecular weight is 379 g/mol. The molecule has 1 aromatic carbocycles. The molecular formula is C18H28F3NO2S. The Morgan fingerprint density at radius 2 is 1.72 bits per heavy atom. The maximum atomic E-state index is 13.4. The Balaban J connectivity index is 2.83. The predicted octanol–water partition coefficient (Wildman–Crippen LogP) is 5.16. The van der Waals surface area contributed by atoms with Crippen molar-refractivity contribution in [3.8, 4) is 5.75 Å². The monoisotopic (exact) mass is 379 g/mol. The summed E-state index contributed by atoms with van der Waals surface area (Å²) in [6.07, 6.45) is -2.44. The molecule has 0 radical (unpaired) electrons. The molecule has 1 rings (SSSR count). The molecule has 3 unspecified atom stereocenters. The van der Waals surface area contributed by atoms with E-state index < -0.39 is 28.3 Å². The van der Waals surface area contributed by atoms with Gasteiger partial charge in [0.25, 0.3) is 0 Å². The van der Waals surface area contributed by atoms with Crippen molar-refractivity contribution < 1.29 is 22.5 Å². The average Bonchev–Trinajstić information content (AvgIpc) is 2.49. The van der Waals surface area contributed by atoms with Crippen LogP contribution in [-0.2, 0) is 11.4 Å². The van der Waals surface area contributed by atoms with Crippen molar-refractivity contribution in [1.82, 2.24) is 4.72 Å². The maximum absolute atomic E-state index is 13.4. The van der Waals surface area contributed by atoms with E-state index in [-0.39, 0.29) is 5.56 Å². The van der Waals surface area contributed by atoms with Gasteiger partial charge in [-0.2, -0.15) is 13.2 Å². The molecule has 0 aliphatic rings. The molecule has 0 amide bonds. The van der Waals surface area contributed by atoms with Crippen LogP contribution in [0.4, 0.5) is 13.2 Å². The van der Waals surface area contributed by atoms with Gasteiger partial charge in [-0.1, -0.05) is 32.4 Å². The second-order valence-corrected chi connectivity index (χ2v) is 9.25. The molecule has 0 saturated heterocycles.